The highest BCUT2D eigenvalue weighted by molar-refractivity contribution is 14.0. The molecule has 2 N–H and O–H groups in total. The van der Waals surface area contributed by atoms with Crippen LogP contribution in [0.25, 0.3) is 0 Å². The third-order valence-electron chi connectivity index (χ3n) is 3.74. The normalized spacial score (nSPS) is 13.1. The summed E-state index contributed by atoms with van der Waals surface area (Å²) >= 11 is 0. The van der Waals surface area contributed by atoms with Crippen molar-refractivity contribution in [2.24, 2.45) is 10.9 Å². The molecule has 1 unspecified atom stereocenters. The molecule has 0 amide bonds. The average Bonchev–Trinajstić information content (AvgIpc) is 2.52. The monoisotopic (exact) mass is 458 g/mol. The van der Waals surface area contributed by atoms with Gasteiger partial charge in [0.15, 0.2) is 5.96 Å². The summed E-state index contributed by atoms with van der Waals surface area (Å²) in [6.45, 7) is 11.8. The second kappa shape index (κ2) is 17.7. The molecule has 0 saturated heterocycles. The lowest BCUT2D eigenvalue weighted by Crippen LogP contribution is -2.42. The molecule has 0 aromatic carbocycles. The van der Waals surface area contributed by atoms with Crippen molar-refractivity contribution in [1.29, 1.82) is 0 Å². The van der Waals surface area contributed by atoms with E-state index in [1.165, 1.54) is 0 Å². The fourth-order valence-corrected chi connectivity index (χ4v) is 2.33. The van der Waals surface area contributed by atoms with E-state index in [1.807, 2.05) is 6.92 Å². The van der Waals surface area contributed by atoms with E-state index in [4.69, 9.17) is 9.47 Å². The molecule has 0 aromatic rings. The summed E-state index contributed by atoms with van der Waals surface area (Å²) in [4.78, 5) is 6.56. The molecular weight excluding hydrogens is 419 g/mol. The maximum absolute atomic E-state index is 5.76. The average molecular weight is 458 g/mol. The molecule has 0 bridgehead atoms. The van der Waals surface area contributed by atoms with Crippen LogP contribution >= 0.6 is 24.0 Å². The molecule has 24 heavy (non-hydrogen) atoms. The molecule has 0 spiro atoms. The van der Waals surface area contributed by atoms with Gasteiger partial charge in [0, 0.05) is 53.6 Å². The maximum Gasteiger partial charge on any atom is 0.191 e. The summed E-state index contributed by atoms with van der Waals surface area (Å²) in [5.41, 5.74) is 0. The highest BCUT2D eigenvalue weighted by Crippen LogP contribution is 2.09. The van der Waals surface area contributed by atoms with Gasteiger partial charge in [0.2, 0.25) is 0 Å². The van der Waals surface area contributed by atoms with Gasteiger partial charge in [0.25, 0.3) is 0 Å². The molecule has 146 valence electrons. The minimum atomic E-state index is 0. The van der Waals surface area contributed by atoms with Crippen LogP contribution in [0.15, 0.2) is 4.99 Å². The van der Waals surface area contributed by atoms with Gasteiger partial charge in [-0.15, -0.1) is 24.0 Å². The molecule has 0 aliphatic carbocycles. The Balaban J connectivity index is 0. The van der Waals surface area contributed by atoms with Gasteiger partial charge in [-0.1, -0.05) is 13.8 Å². The van der Waals surface area contributed by atoms with E-state index in [0.717, 1.165) is 58.2 Å². The number of rotatable bonds is 13. The van der Waals surface area contributed by atoms with Crippen LogP contribution in [0.5, 0.6) is 0 Å². The van der Waals surface area contributed by atoms with E-state index in [-0.39, 0.29) is 24.0 Å². The number of nitrogens with one attached hydrogen (secondary N) is 2. The number of nitrogens with zero attached hydrogens (tertiary/aromatic N) is 2. The van der Waals surface area contributed by atoms with E-state index in [1.54, 1.807) is 14.2 Å². The number of guanidine groups is 1. The first-order chi connectivity index (χ1) is 11.0. The van der Waals surface area contributed by atoms with Crippen molar-refractivity contribution >= 4 is 29.9 Å². The first-order valence-corrected chi connectivity index (χ1v) is 8.78. The van der Waals surface area contributed by atoms with Crippen LogP contribution in [-0.2, 0) is 9.47 Å². The van der Waals surface area contributed by atoms with Gasteiger partial charge in [-0.05, 0) is 32.7 Å². The summed E-state index contributed by atoms with van der Waals surface area (Å²) in [5, 5.41) is 6.71. The minimum absolute atomic E-state index is 0. The molecule has 0 fully saturated rings. The van der Waals surface area contributed by atoms with Crippen molar-refractivity contribution in [3.8, 4) is 0 Å². The Morgan fingerprint density at radius 3 is 2.38 bits per heavy atom. The number of aliphatic imine (C=N–C) groups is 1. The SMILES string of the molecule is CCOC(CCNC(=NC)NCCN(C)CCCOC)C(C)C.I. The quantitative estimate of drug-likeness (QED) is 0.192. The van der Waals surface area contributed by atoms with E-state index in [0.29, 0.717) is 12.0 Å². The fraction of sp³-hybridized carbons (Fsp3) is 0.941. The lowest BCUT2D eigenvalue weighted by atomic mass is 10.0. The number of hydrogen-bond donors (Lipinski definition) is 2. The largest absolute Gasteiger partial charge is 0.385 e. The van der Waals surface area contributed by atoms with Crippen LogP contribution in [0.1, 0.15) is 33.6 Å². The zero-order valence-corrected chi connectivity index (χ0v) is 18.8. The van der Waals surface area contributed by atoms with Crippen molar-refractivity contribution in [3.63, 3.8) is 0 Å². The lowest BCUT2D eigenvalue weighted by molar-refractivity contribution is 0.0258. The molecule has 0 aliphatic rings. The Kier molecular flexibility index (Phi) is 19.3. The third-order valence-corrected chi connectivity index (χ3v) is 3.74. The molecule has 0 aliphatic heterocycles. The molecule has 0 rings (SSSR count). The summed E-state index contributed by atoms with van der Waals surface area (Å²) < 4.78 is 10.8. The van der Waals surface area contributed by atoms with Gasteiger partial charge in [-0.25, -0.2) is 0 Å². The van der Waals surface area contributed by atoms with Crippen LogP contribution in [0.4, 0.5) is 0 Å². The Morgan fingerprint density at radius 1 is 1.17 bits per heavy atom. The van der Waals surface area contributed by atoms with Gasteiger partial charge < -0.3 is 25.0 Å². The van der Waals surface area contributed by atoms with Crippen LogP contribution < -0.4 is 10.6 Å². The summed E-state index contributed by atoms with van der Waals surface area (Å²) in [5.74, 6) is 1.39. The highest BCUT2D eigenvalue weighted by atomic mass is 127. The molecule has 7 heteroatoms. The molecule has 0 heterocycles. The van der Waals surface area contributed by atoms with Gasteiger partial charge in [-0.2, -0.15) is 0 Å². The number of halogens is 1. The van der Waals surface area contributed by atoms with Crippen molar-refractivity contribution in [2.45, 2.75) is 39.7 Å². The van der Waals surface area contributed by atoms with Crippen molar-refractivity contribution in [3.05, 3.63) is 0 Å². The Hall–Kier alpha value is -0.120. The molecule has 1 atom stereocenters. The summed E-state index contributed by atoms with van der Waals surface area (Å²) in [6, 6.07) is 0. The lowest BCUT2D eigenvalue weighted by Gasteiger charge is -2.22. The van der Waals surface area contributed by atoms with Gasteiger partial charge in [0.05, 0.1) is 6.10 Å². The Morgan fingerprint density at radius 2 is 1.83 bits per heavy atom. The van der Waals surface area contributed by atoms with Gasteiger partial charge in [-0.3, -0.25) is 4.99 Å². The van der Waals surface area contributed by atoms with Crippen LogP contribution in [0, 0.1) is 5.92 Å². The van der Waals surface area contributed by atoms with Gasteiger partial charge in [0.1, 0.15) is 0 Å². The predicted octanol–water partition coefficient (Wildman–Crippen LogP) is 2.19. The zero-order valence-electron chi connectivity index (χ0n) is 16.4. The summed E-state index contributed by atoms with van der Waals surface area (Å²) in [7, 11) is 5.68. The molecule has 6 nitrogen and oxygen atoms in total. The molecule has 0 saturated carbocycles. The predicted molar refractivity (Wildman–Crippen MR) is 114 cm³/mol. The Labute approximate surface area is 166 Å². The van der Waals surface area contributed by atoms with Crippen molar-refractivity contribution in [1.82, 2.24) is 15.5 Å². The smallest absolute Gasteiger partial charge is 0.191 e. The second-order valence-corrected chi connectivity index (χ2v) is 6.10. The van der Waals surface area contributed by atoms with E-state index < -0.39 is 0 Å². The third kappa shape index (κ3) is 14.2. The van der Waals surface area contributed by atoms with Gasteiger partial charge >= 0.3 is 0 Å². The topological polar surface area (TPSA) is 58.1 Å². The van der Waals surface area contributed by atoms with Crippen LogP contribution in [0.2, 0.25) is 0 Å². The number of likely N-dealkylation sites (N-methyl/N-ethyl adjacent to an activating group) is 1. The summed E-state index contributed by atoms with van der Waals surface area (Å²) in [6.07, 6.45) is 2.36. The Bertz CT molecular complexity index is 304. The molecular formula is C17H39IN4O2. The standard InChI is InChI=1S/C17H38N4O2.HI/c1-7-23-16(15(2)3)9-10-19-17(18-4)20-11-13-21(5)12-8-14-22-6;/h15-16H,7-14H2,1-6H3,(H2,18,19,20);1H. The zero-order chi connectivity index (χ0) is 17.5. The molecule has 0 aromatic heterocycles. The highest BCUT2D eigenvalue weighted by Gasteiger charge is 2.12. The van der Waals surface area contributed by atoms with E-state index >= 15 is 0 Å². The molecule has 0 radical (unpaired) electrons. The second-order valence-electron chi connectivity index (χ2n) is 6.10. The van der Waals surface area contributed by atoms with Crippen LogP contribution in [-0.4, -0.2) is 77.6 Å². The van der Waals surface area contributed by atoms with Crippen molar-refractivity contribution in [2.75, 3.05) is 60.6 Å². The number of methoxy groups -OCH3 is 1. The van der Waals surface area contributed by atoms with E-state index in [2.05, 4.69) is 41.4 Å². The first-order valence-electron chi connectivity index (χ1n) is 8.78. The van der Waals surface area contributed by atoms with Crippen molar-refractivity contribution < 1.29 is 9.47 Å². The number of ether oxygens (including phenoxy) is 2. The van der Waals surface area contributed by atoms with E-state index in [9.17, 15) is 0 Å². The first kappa shape index (κ1) is 26.1. The van der Waals surface area contributed by atoms with Crippen LogP contribution in [0.3, 0.4) is 0 Å². The minimum Gasteiger partial charge on any atom is -0.385 e. The number of hydrogen-bond acceptors (Lipinski definition) is 4. The maximum atomic E-state index is 5.76. The fourth-order valence-electron chi connectivity index (χ4n) is 2.33.